The van der Waals surface area contributed by atoms with Gasteiger partial charge in [0.2, 0.25) is 0 Å². The van der Waals surface area contributed by atoms with Crippen molar-refractivity contribution in [2.45, 2.75) is 26.1 Å². The third-order valence-electron chi connectivity index (χ3n) is 4.62. The van der Waals surface area contributed by atoms with E-state index in [2.05, 4.69) is 4.74 Å². The van der Waals surface area contributed by atoms with Gasteiger partial charge >= 0.3 is 18.1 Å². The second kappa shape index (κ2) is 9.21. The fraction of sp³-hybridized carbons (Fsp3) is 0.167. The third kappa shape index (κ3) is 5.51. The number of alkyl halides is 3. The zero-order chi connectivity index (χ0) is 23.5. The lowest BCUT2D eigenvalue weighted by atomic mass is 10.0. The summed E-state index contributed by atoms with van der Waals surface area (Å²) in [6, 6.07) is 16.9. The van der Waals surface area contributed by atoms with Crippen LogP contribution in [0, 0.1) is 12.7 Å². The van der Waals surface area contributed by atoms with E-state index >= 15 is 0 Å². The molecule has 0 aromatic heterocycles. The highest BCUT2D eigenvalue weighted by atomic mass is 19.4. The normalized spacial score (nSPS) is 12.2. The molecule has 3 aromatic rings. The number of esters is 2. The van der Waals surface area contributed by atoms with Crippen LogP contribution in [0.1, 0.15) is 33.2 Å². The second-order valence-electron chi connectivity index (χ2n) is 7.07. The van der Waals surface area contributed by atoms with E-state index in [0.717, 1.165) is 28.8 Å². The number of ether oxygens (including phenoxy) is 2. The summed E-state index contributed by atoms with van der Waals surface area (Å²) < 4.78 is 61.1. The van der Waals surface area contributed by atoms with E-state index in [-0.39, 0.29) is 5.56 Å². The molecule has 8 heteroatoms. The molecule has 0 saturated heterocycles. The van der Waals surface area contributed by atoms with Crippen molar-refractivity contribution in [2.75, 3.05) is 0 Å². The van der Waals surface area contributed by atoms with Crippen LogP contribution in [-0.2, 0) is 4.74 Å². The van der Waals surface area contributed by atoms with Gasteiger partial charge in [-0.25, -0.2) is 14.0 Å². The van der Waals surface area contributed by atoms with Crippen LogP contribution >= 0.6 is 0 Å². The molecular formula is C24H18F4O4. The monoisotopic (exact) mass is 446 g/mol. The molecule has 0 N–H and O–H groups in total. The van der Waals surface area contributed by atoms with Gasteiger partial charge in [0, 0.05) is 0 Å². The van der Waals surface area contributed by atoms with Crippen molar-refractivity contribution in [3.63, 3.8) is 0 Å². The Balaban J connectivity index is 1.68. The summed E-state index contributed by atoms with van der Waals surface area (Å²) in [7, 11) is 0. The summed E-state index contributed by atoms with van der Waals surface area (Å²) in [6.07, 6.45) is -7.09. The van der Waals surface area contributed by atoms with Crippen LogP contribution in [0.2, 0.25) is 0 Å². The van der Waals surface area contributed by atoms with Crippen LogP contribution in [0.4, 0.5) is 17.6 Å². The number of carbonyl (C=O) groups excluding carboxylic acids is 2. The quantitative estimate of drug-likeness (QED) is 0.269. The van der Waals surface area contributed by atoms with E-state index < -0.39 is 41.3 Å². The van der Waals surface area contributed by atoms with Gasteiger partial charge in [-0.3, -0.25) is 0 Å². The zero-order valence-electron chi connectivity index (χ0n) is 17.1. The summed E-state index contributed by atoms with van der Waals surface area (Å²) in [6.45, 7) is 2.63. The third-order valence-corrected chi connectivity index (χ3v) is 4.62. The maximum Gasteiger partial charge on any atom is 0.425 e. The molecule has 3 aromatic carbocycles. The van der Waals surface area contributed by atoms with Crippen LogP contribution in [0.25, 0.3) is 11.1 Å². The summed E-state index contributed by atoms with van der Waals surface area (Å²) in [5.41, 5.74) is 2.68. The van der Waals surface area contributed by atoms with Crippen LogP contribution in [0.3, 0.4) is 0 Å². The summed E-state index contributed by atoms with van der Waals surface area (Å²) in [4.78, 5) is 24.1. The molecule has 3 rings (SSSR count). The van der Waals surface area contributed by atoms with Crippen molar-refractivity contribution in [3.05, 3.63) is 89.2 Å². The minimum atomic E-state index is -4.74. The first-order chi connectivity index (χ1) is 15.0. The molecular weight excluding hydrogens is 428 g/mol. The number of hydrogen-bond donors (Lipinski definition) is 0. The molecule has 166 valence electrons. The molecule has 0 fully saturated rings. The molecule has 0 aliphatic rings. The Hall–Kier alpha value is -3.68. The first-order valence-corrected chi connectivity index (χ1v) is 9.51. The molecule has 0 aliphatic heterocycles. The lowest BCUT2D eigenvalue weighted by Gasteiger charge is -2.16. The number of aryl methyl sites for hydroxylation is 1. The minimum absolute atomic E-state index is 0.169. The Bertz CT molecular complexity index is 1120. The molecule has 0 heterocycles. The van der Waals surface area contributed by atoms with Crippen LogP contribution in [-0.4, -0.2) is 24.2 Å². The Kier molecular flexibility index (Phi) is 6.62. The summed E-state index contributed by atoms with van der Waals surface area (Å²) in [5.74, 6) is -3.75. The molecule has 0 amide bonds. The Morgan fingerprint density at radius 2 is 1.34 bits per heavy atom. The molecule has 1 atom stereocenters. The molecule has 32 heavy (non-hydrogen) atoms. The fourth-order valence-electron chi connectivity index (χ4n) is 2.71. The van der Waals surface area contributed by atoms with Crippen molar-refractivity contribution >= 4 is 11.9 Å². The Labute approximate surface area is 181 Å². The van der Waals surface area contributed by atoms with Crippen molar-refractivity contribution in [1.82, 2.24) is 0 Å². The van der Waals surface area contributed by atoms with Gasteiger partial charge in [-0.15, -0.1) is 0 Å². The van der Waals surface area contributed by atoms with Gasteiger partial charge < -0.3 is 9.47 Å². The molecule has 4 nitrogen and oxygen atoms in total. The van der Waals surface area contributed by atoms with Gasteiger partial charge in [0.1, 0.15) is 0 Å². The molecule has 0 spiro atoms. The van der Waals surface area contributed by atoms with E-state index in [0.29, 0.717) is 13.0 Å². The van der Waals surface area contributed by atoms with E-state index in [1.807, 2.05) is 31.2 Å². The Morgan fingerprint density at radius 1 is 0.812 bits per heavy atom. The standard InChI is InChI=1S/C24H18F4O4/c1-14-3-5-16(6-4-14)17-7-9-18(10-8-17)22(29)32-21-12-11-19(13-20(21)25)23(30)31-15(2)24(26,27)28/h3-13,15H,1-2H3. The van der Waals surface area contributed by atoms with Crippen LogP contribution in [0.5, 0.6) is 5.75 Å². The molecule has 0 saturated carbocycles. The second-order valence-corrected chi connectivity index (χ2v) is 7.07. The van der Waals surface area contributed by atoms with Gasteiger partial charge in [-0.05, 0) is 55.3 Å². The molecule has 1 unspecified atom stereocenters. The number of carbonyl (C=O) groups is 2. The van der Waals surface area contributed by atoms with Gasteiger partial charge in [0.05, 0.1) is 11.1 Å². The number of halogens is 4. The van der Waals surface area contributed by atoms with Crippen LogP contribution < -0.4 is 4.74 Å². The molecule has 0 aliphatic carbocycles. The van der Waals surface area contributed by atoms with Gasteiger partial charge in [0.15, 0.2) is 17.7 Å². The number of rotatable bonds is 5. The minimum Gasteiger partial charge on any atom is -0.449 e. The molecule has 0 bridgehead atoms. The first kappa shape index (κ1) is 23.0. The predicted molar refractivity (Wildman–Crippen MR) is 109 cm³/mol. The zero-order valence-corrected chi connectivity index (χ0v) is 17.1. The van der Waals surface area contributed by atoms with Crippen molar-refractivity contribution < 1.29 is 36.6 Å². The lowest BCUT2D eigenvalue weighted by molar-refractivity contribution is -0.198. The van der Waals surface area contributed by atoms with E-state index in [1.54, 1.807) is 12.1 Å². The van der Waals surface area contributed by atoms with Crippen molar-refractivity contribution in [1.29, 1.82) is 0 Å². The SMILES string of the molecule is Cc1ccc(-c2ccc(C(=O)Oc3ccc(C(=O)OC(C)C(F)(F)F)cc3F)cc2)cc1. The fourth-order valence-corrected chi connectivity index (χ4v) is 2.71. The van der Waals surface area contributed by atoms with Gasteiger partial charge in [-0.1, -0.05) is 42.0 Å². The largest absolute Gasteiger partial charge is 0.449 e. The van der Waals surface area contributed by atoms with Gasteiger partial charge in [0.25, 0.3) is 0 Å². The number of hydrogen-bond acceptors (Lipinski definition) is 4. The van der Waals surface area contributed by atoms with E-state index in [9.17, 15) is 27.2 Å². The molecule has 0 radical (unpaired) electrons. The maximum atomic E-state index is 14.3. The van der Waals surface area contributed by atoms with Crippen molar-refractivity contribution in [2.24, 2.45) is 0 Å². The highest BCUT2D eigenvalue weighted by Gasteiger charge is 2.39. The van der Waals surface area contributed by atoms with Crippen LogP contribution in [0.15, 0.2) is 66.7 Å². The maximum absolute atomic E-state index is 14.3. The average molecular weight is 446 g/mol. The van der Waals surface area contributed by atoms with E-state index in [1.165, 1.54) is 12.1 Å². The smallest absolute Gasteiger partial charge is 0.425 e. The first-order valence-electron chi connectivity index (χ1n) is 9.51. The summed E-state index contributed by atoms with van der Waals surface area (Å²) in [5, 5.41) is 0. The summed E-state index contributed by atoms with van der Waals surface area (Å²) >= 11 is 0. The van der Waals surface area contributed by atoms with E-state index in [4.69, 9.17) is 4.74 Å². The highest BCUT2D eigenvalue weighted by molar-refractivity contribution is 5.92. The lowest BCUT2D eigenvalue weighted by Crippen LogP contribution is -2.30. The average Bonchev–Trinajstić information content (AvgIpc) is 2.75. The Morgan fingerprint density at radius 3 is 1.88 bits per heavy atom. The number of benzene rings is 3. The van der Waals surface area contributed by atoms with Crippen molar-refractivity contribution in [3.8, 4) is 16.9 Å². The topological polar surface area (TPSA) is 52.6 Å². The highest BCUT2D eigenvalue weighted by Crippen LogP contribution is 2.25. The van der Waals surface area contributed by atoms with Gasteiger partial charge in [-0.2, -0.15) is 13.2 Å². The predicted octanol–water partition coefficient (Wildman–Crippen LogP) is 6.13.